The first-order chi connectivity index (χ1) is 9.02. The van der Waals surface area contributed by atoms with Gasteiger partial charge in [0.2, 0.25) is 0 Å². The summed E-state index contributed by atoms with van der Waals surface area (Å²) < 4.78 is 19.0. The molecule has 0 saturated heterocycles. The molecule has 0 aliphatic heterocycles. The summed E-state index contributed by atoms with van der Waals surface area (Å²) in [4.78, 5) is -0.214. The number of hydrogen-bond acceptors (Lipinski definition) is 1. The lowest BCUT2D eigenvalue weighted by molar-refractivity contribution is 0.411. The summed E-state index contributed by atoms with van der Waals surface area (Å²) in [7, 11) is 1.52. The van der Waals surface area contributed by atoms with Gasteiger partial charge < -0.3 is 4.74 Å². The Morgan fingerprint density at radius 1 is 1.21 bits per heavy atom. The zero-order chi connectivity index (χ0) is 14.0. The molecule has 100 valence electrons. The highest BCUT2D eigenvalue weighted by Crippen LogP contribution is 2.35. The van der Waals surface area contributed by atoms with Crippen molar-refractivity contribution in [3.8, 4) is 5.75 Å². The van der Waals surface area contributed by atoms with Crippen molar-refractivity contribution < 1.29 is 9.13 Å². The van der Waals surface area contributed by atoms with Crippen LogP contribution < -0.4 is 4.74 Å². The lowest BCUT2D eigenvalue weighted by Gasteiger charge is -2.13. The molecule has 0 spiro atoms. The van der Waals surface area contributed by atoms with Gasteiger partial charge in [-0.3, -0.25) is 0 Å². The second kappa shape index (κ2) is 5.93. The van der Waals surface area contributed by atoms with Gasteiger partial charge in [-0.2, -0.15) is 0 Å². The number of hydrogen-bond donors (Lipinski definition) is 0. The molecule has 2 aromatic carbocycles. The fourth-order valence-electron chi connectivity index (χ4n) is 1.85. The zero-order valence-corrected chi connectivity index (χ0v) is 12.9. The van der Waals surface area contributed by atoms with Crippen molar-refractivity contribution in [1.29, 1.82) is 0 Å². The summed E-state index contributed by atoms with van der Waals surface area (Å²) >= 11 is 9.52. The van der Waals surface area contributed by atoms with E-state index in [9.17, 15) is 4.39 Å². The van der Waals surface area contributed by atoms with E-state index in [1.165, 1.54) is 13.2 Å². The van der Waals surface area contributed by atoms with Crippen LogP contribution in [-0.4, -0.2) is 7.11 Å². The van der Waals surface area contributed by atoms with Gasteiger partial charge in [0.05, 0.1) is 11.9 Å². The van der Waals surface area contributed by atoms with Crippen LogP contribution in [0.3, 0.4) is 0 Å². The molecule has 4 heteroatoms. The Balaban J connectivity index is 2.38. The van der Waals surface area contributed by atoms with Crippen molar-refractivity contribution in [2.75, 3.05) is 7.11 Å². The first kappa shape index (κ1) is 14.4. The fraction of sp³-hybridized carbons (Fsp3) is 0.200. The van der Waals surface area contributed by atoms with Crippen LogP contribution in [0.25, 0.3) is 0 Å². The molecule has 0 aliphatic rings. The van der Waals surface area contributed by atoms with Crippen LogP contribution in [0.4, 0.5) is 4.39 Å². The van der Waals surface area contributed by atoms with Crippen LogP contribution in [0.1, 0.15) is 21.5 Å². The first-order valence-corrected chi connectivity index (χ1v) is 7.06. The minimum absolute atomic E-state index is 0.214. The van der Waals surface area contributed by atoms with Crippen LogP contribution in [0.2, 0.25) is 5.02 Å². The Labute approximate surface area is 125 Å². The predicted octanol–water partition coefficient (Wildman–Crippen LogP) is 5.28. The molecule has 0 fully saturated rings. The van der Waals surface area contributed by atoms with Crippen molar-refractivity contribution in [1.82, 2.24) is 0 Å². The van der Waals surface area contributed by atoms with E-state index in [1.54, 1.807) is 12.1 Å². The molecule has 0 aromatic heterocycles. The largest absolute Gasteiger partial charge is 0.497 e. The number of benzene rings is 2. The molecular formula is C15H13BrClFO. The molecule has 0 saturated carbocycles. The van der Waals surface area contributed by atoms with Gasteiger partial charge in [-0.15, -0.1) is 0 Å². The smallest absolute Gasteiger partial charge is 0.131 e. The molecule has 19 heavy (non-hydrogen) atoms. The second-order valence-electron chi connectivity index (χ2n) is 4.26. The molecule has 2 aromatic rings. The van der Waals surface area contributed by atoms with Crippen LogP contribution in [0.5, 0.6) is 5.75 Å². The minimum atomic E-state index is -0.297. The Hall–Kier alpha value is -1.06. The Morgan fingerprint density at radius 3 is 2.53 bits per heavy atom. The molecule has 0 N–H and O–H groups in total. The highest BCUT2D eigenvalue weighted by atomic mass is 79.9. The average molecular weight is 344 g/mol. The van der Waals surface area contributed by atoms with Crippen molar-refractivity contribution in [2.24, 2.45) is 0 Å². The van der Waals surface area contributed by atoms with Gasteiger partial charge in [0.15, 0.2) is 0 Å². The molecular weight excluding hydrogens is 331 g/mol. The van der Waals surface area contributed by atoms with Crippen molar-refractivity contribution >= 4 is 27.5 Å². The highest BCUT2D eigenvalue weighted by molar-refractivity contribution is 9.09. The van der Waals surface area contributed by atoms with Crippen molar-refractivity contribution in [2.45, 2.75) is 11.8 Å². The molecule has 0 aliphatic carbocycles. The molecule has 1 unspecified atom stereocenters. The van der Waals surface area contributed by atoms with Crippen LogP contribution >= 0.6 is 27.5 Å². The van der Waals surface area contributed by atoms with Gasteiger partial charge in [0.25, 0.3) is 0 Å². The standard InChI is InChI=1S/C15H13BrClFO/c1-9-7-10(3-6-13(9)17)15(16)12-5-4-11(19-2)8-14(12)18/h3-8,15H,1-2H3. The van der Waals surface area contributed by atoms with E-state index in [0.29, 0.717) is 16.3 Å². The van der Waals surface area contributed by atoms with Crippen LogP contribution in [0, 0.1) is 12.7 Å². The normalized spacial score (nSPS) is 12.3. The van der Waals surface area contributed by atoms with Gasteiger partial charge in [0.1, 0.15) is 11.6 Å². The lowest BCUT2D eigenvalue weighted by atomic mass is 10.0. The van der Waals surface area contributed by atoms with Crippen molar-refractivity contribution in [3.63, 3.8) is 0 Å². The predicted molar refractivity (Wildman–Crippen MR) is 79.9 cm³/mol. The number of aryl methyl sites for hydroxylation is 1. The number of alkyl halides is 1. The molecule has 0 bridgehead atoms. The summed E-state index contributed by atoms with van der Waals surface area (Å²) in [5.41, 5.74) is 2.51. The number of ether oxygens (including phenoxy) is 1. The third kappa shape index (κ3) is 3.10. The van der Waals surface area contributed by atoms with E-state index in [2.05, 4.69) is 15.9 Å². The van der Waals surface area contributed by atoms with Crippen LogP contribution in [-0.2, 0) is 0 Å². The molecule has 2 rings (SSSR count). The SMILES string of the molecule is COc1ccc(C(Br)c2ccc(Cl)c(C)c2)c(F)c1. The highest BCUT2D eigenvalue weighted by Gasteiger charge is 2.16. The topological polar surface area (TPSA) is 9.23 Å². The Kier molecular flexibility index (Phi) is 4.48. The van der Waals surface area contributed by atoms with Gasteiger partial charge in [-0.25, -0.2) is 4.39 Å². The summed E-state index contributed by atoms with van der Waals surface area (Å²) in [6.45, 7) is 1.93. The lowest BCUT2D eigenvalue weighted by Crippen LogP contribution is -1.98. The summed E-state index contributed by atoms with van der Waals surface area (Å²) in [6.07, 6.45) is 0. The monoisotopic (exact) mass is 342 g/mol. The van der Waals surface area contributed by atoms with Gasteiger partial charge in [0, 0.05) is 16.7 Å². The second-order valence-corrected chi connectivity index (χ2v) is 5.58. The maximum Gasteiger partial charge on any atom is 0.131 e. The first-order valence-electron chi connectivity index (χ1n) is 5.76. The zero-order valence-electron chi connectivity index (χ0n) is 10.6. The Bertz CT molecular complexity index is 601. The van der Waals surface area contributed by atoms with E-state index in [-0.39, 0.29) is 10.6 Å². The van der Waals surface area contributed by atoms with Gasteiger partial charge in [-0.05, 0) is 30.2 Å². The summed E-state index contributed by atoms with van der Waals surface area (Å²) in [5, 5.41) is 0.707. The van der Waals surface area contributed by atoms with E-state index in [1.807, 2.05) is 25.1 Å². The molecule has 1 nitrogen and oxygen atoms in total. The quantitative estimate of drug-likeness (QED) is 0.689. The fourth-order valence-corrected chi connectivity index (χ4v) is 2.62. The number of methoxy groups -OCH3 is 1. The molecule has 0 amide bonds. The van der Waals surface area contributed by atoms with Gasteiger partial charge in [-0.1, -0.05) is 45.7 Å². The molecule has 0 heterocycles. The summed E-state index contributed by atoms with van der Waals surface area (Å²) in [5.74, 6) is 0.210. The Morgan fingerprint density at radius 2 is 1.95 bits per heavy atom. The third-order valence-electron chi connectivity index (χ3n) is 2.96. The summed E-state index contributed by atoms with van der Waals surface area (Å²) in [6, 6.07) is 10.5. The molecule has 0 radical (unpaired) electrons. The van der Waals surface area contributed by atoms with E-state index in [0.717, 1.165) is 11.1 Å². The van der Waals surface area contributed by atoms with Crippen LogP contribution in [0.15, 0.2) is 36.4 Å². The van der Waals surface area contributed by atoms with Crippen molar-refractivity contribution in [3.05, 3.63) is 63.9 Å². The minimum Gasteiger partial charge on any atom is -0.497 e. The van der Waals surface area contributed by atoms with E-state index >= 15 is 0 Å². The number of halogens is 3. The third-order valence-corrected chi connectivity index (χ3v) is 4.40. The average Bonchev–Trinajstić information content (AvgIpc) is 2.41. The maximum atomic E-state index is 14.0. The maximum absolute atomic E-state index is 14.0. The van der Waals surface area contributed by atoms with E-state index < -0.39 is 0 Å². The molecule has 1 atom stereocenters. The van der Waals surface area contributed by atoms with E-state index in [4.69, 9.17) is 16.3 Å². The number of rotatable bonds is 3. The van der Waals surface area contributed by atoms with Gasteiger partial charge >= 0.3 is 0 Å².